The number of nitrogens with zero attached hydrogens (tertiary/aromatic N) is 1. The van der Waals surface area contributed by atoms with Gasteiger partial charge in [0.05, 0.1) is 6.61 Å². The highest BCUT2D eigenvalue weighted by Gasteiger charge is 2.21. The number of nitrogens with one attached hydrogen (secondary N) is 1. The van der Waals surface area contributed by atoms with Crippen LogP contribution in [0.4, 0.5) is 4.39 Å². The number of benzene rings is 1. The van der Waals surface area contributed by atoms with Crippen LogP contribution in [0, 0.1) is 5.82 Å². The van der Waals surface area contributed by atoms with Gasteiger partial charge in [-0.05, 0) is 42.7 Å². The lowest BCUT2D eigenvalue weighted by atomic mass is 9.96. The second-order valence-corrected chi connectivity index (χ2v) is 5.86. The van der Waals surface area contributed by atoms with Gasteiger partial charge < -0.3 is 10.4 Å². The van der Waals surface area contributed by atoms with Crippen LogP contribution in [-0.2, 0) is 6.54 Å². The number of hydrogen-bond acceptors (Lipinski definition) is 3. The summed E-state index contributed by atoms with van der Waals surface area (Å²) in [6, 6.07) is 8.96. The third-order valence-corrected chi connectivity index (χ3v) is 3.92. The molecule has 2 rings (SSSR count). The topological polar surface area (TPSA) is 45.1 Å². The van der Waals surface area contributed by atoms with E-state index in [4.69, 9.17) is 0 Å². The zero-order valence-corrected chi connectivity index (χ0v) is 13.1. The summed E-state index contributed by atoms with van der Waals surface area (Å²) in [6.45, 7) is 4.47. The Morgan fingerprint density at radius 1 is 1.18 bits per heavy atom. The molecular weight excluding hydrogens is 279 g/mol. The number of rotatable bonds is 7. The lowest BCUT2D eigenvalue weighted by Crippen LogP contribution is -2.45. The van der Waals surface area contributed by atoms with Crippen LogP contribution in [0.1, 0.15) is 32.3 Å². The molecule has 1 atom stereocenters. The van der Waals surface area contributed by atoms with Crippen LogP contribution < -0.4 is 5.32 Å². The summed E-state index contributed by atoms with van der Waals surface area (Å²) in [6.07, 6.45) is 5.20. The van der Waals surface area contributed by atoms with E-state index in [2.05, 4.69) is 17.2 Å². The number of aromatic nitrogens is 1. The molecule has 0 amide bonds. The average Bonchev–Trinajstić information content (AvgIpc) is 2.55. The third-order valence-electron chi connectivity index (χ3n) is 3.92. The second kappa shape index (κ2) is 7.47. The van der Waals surface area contributed by atoms with Crippen LogP contribution in [0.15, 0.2) is 42.7 Å². The van der Waals surface area contributed by atoms with Crippen molar-refractivity contribution < 1.29 is 9.50 Å². The predicted molar refractivity (Wildman–Crippen MR) is 86.9 cm³/mol. The molecule has 2 aromatic rings. The zero-order chi connectivity index (χ0) is 16.0. The molecule has 4 heteroatoms. The van der Waals surface area contributed by atoms with Gasteiger partial charge in [-0.15, -0.1) is 0 Å². The standard InChI is InChI=1S/C18H23FN2O/c1-3-8-18(2,13-22)21-12-16-5-4-15(11-17(16)19)14-6-9-20-10-7-14/h4-7,9-11,21-22H,3,8,12-13H2,1-2H3. The molecule has 1 heterocycles. The van der Waals surface area contributed by atoms with Gasteiger partial charge >= 0.3 is 0 Å². The van der Waals surface area contributed by atoms with Gasteiger partial charge in [0.2, 0.25) is 0 Å². The Kier molecular flexibility index (Phi) is 5.63. The summed E-state index contributed by atoms with van der Waals surface area (Å²) < 4.78 is 14.3. The zero-order valence-electron chi connectivity index (χ0n) is 13.1. The van der Waals surface area contributed by atoms with Crippen LogP contribution in [-0.4, -0.2) is 22.2 Å². The van der Waals surface area contributed by atoms with Crippen molar-refractivity contribution in [2.24, 2.45) is 0 Å². The maximum atomic E-state index is 14.3. The summed E-state index contributed by atoms with van der Waals surface area (Å²) in [5.41, 5.74) is 2.01. The number of pyridine rings is 1. The first-order valence-electron chi connectivity index (χ1n) is 7.62. The van der Waals surface area contributed by atoms with Gasteiger partial charge in [0.25, 0.3) is 0 Å². The molecule has 0 saturated heterocycles. The Bertz CT molecular complexity index is 603. The second-order valence-electron chi connectivity index (χ2n) is 5.86. The molecule has 0 aliphatic heterocycles. The first-order valence-corrected chi connectivity index (χ1v) is 7.62. The lowest BCUT2D eigenvalue weighted by Gasteiger charge is -2.28. The van der Waals surface area contributed by atoms with E-state index in [1.165, 1.54) is 0 Å². The Balaban J connectivity index is 2.10. The highest BCUT2D eigenvalue weighted by atomic mass is 19.1. The fourth-order valence-corrected chi connectivity index (χ4v) is 2.50. The molecule has 0 aliphatic carbocycles. The highest BCUT2D eigenvalue weighted by Crippen LogP contribution is 2.22. The summed E-state index contributed by atoms with van der Waals surface area (Å²) in [5, 5.41) is 12.8. The minimum absolute atomic E-state index is 0.0392. The molecule has 1 aromatic carbocycles. The Hall–Kier alpha value is -1.78. The van der Waals surface area contributed by atoms with Crippen LogP contribution in [0.2, 0.25) is 0 Å². The normalized spacial score (nSPS) is 13.8. The maximum absolute atomic E-state index is 14.3. The van der Waals surface area contributed by atoms with Gasteiger partial charge in [0, 0.05) is 30.0 Å². The molecule has 118 valence electrons. The molecule has 0 radical (unpaired) electrons. The fraction of sp³-hybridized carbons (Fsp3) is 0.389. The van der Waals surface area contributed by atoms with E-state index < -0.39 is 0 Å². The Morgan fingerprint density at radius 3 is 2.50 bits per heavy atom. The fourth-order valence-electron chi connectivity index (χ4n) is 2.50. The van der Waals surface area contributed by atoms with Gasteiger partial charge in [-0.1, -0.05) is 25.5 Å². The first kappa shape index (κ1) is 16.6. The molecule has 22 heavy (non-hydrogen) atoms. The molecule has 0 saturated carbocycles. The summed E-state index contributed by atoms with van der Waals surface area (Å²) in [5.74, 6) is -0.237. The van der Waals surface area contributed by atoms with Gasteiger partial charge in [-0.25, -0.2) is 4.39 Å². The van der Waals surface area contributed by atoms with Crippen molar-refractivity contribution in [1.82, 2.24) is 10.3 Å². The van der Waals surface area contributed by atoms with E-state index in [0.717, 1.165) is 24.0 Å². The number of aliphatic hydroxyl groups is 1. The van der Waals surface area contributed by atoms with E-state index >= 15 is 0 Å². The lowest BCUT2D eigenvalue weighted by molar-refractivity contribution is 0.163. The van der Waals surface area contributed by atoms with Crippen molar-refractivity contribution in [3.63, 3.8) is 0 Å². The largest absolute Gasteiger partial charge is 0.394 e. The highest BCUT2D eigenvalue weighted by molar-refractivity contribution is 5.63. The molecule has 0 fully saturated rings. The van der Waals surface area contributed by atoms with Crippen molar-refractivity contribution in [3.05, 3.63) is 54.1 Å². The van der Waals surface area contributed by atoms with E-state index in [-0.39, 0.29) is 18.0 Å². The number of aliphatic hydroxyl groups excluding tert-OH is 1. The van der Waals surface area contributed by atoms with Gasteiger partial charge in [0.1, 0.15) is 5.82 Å². The van der Waals surface area contributed by atoms with Crippen molar-refractivity contribution in [2.75, 3.05) is 6.61 Å². The summed E-state index contributed by atoms with van der Waals surface area (Å²) in [7, 11) is 0. The molecule has 0 aliphatic rings. The van der Waals surface area contributed by atoms with Gasteiger partial charge in [-0.3, -0.25) is 4.98 Å². The third kappa shape index (κ3) is 4.12. The van der Waals surface area contributed by atoms with Crippen LogP contribution in [0.3, 0.4) is 0 Å². The van der Waals surface area contributed by atoms with Crippen LogP contribution >= 0.6 is 0 Å². The average molecular weight is 302 g/mol. The Labute approximate surface area is 131 Å². The van der Waals surface area contributed by atoms with Gasteiger partial charge in [0.15, 0.2) is 0 Å². The van der Waals surface area contributed by atoms with E-state index in [1.807, 2.05) is 25.1 Å². The van der Waals surface area contributed by atoms with E-state index in [1.54, 1.807) is 24.5 Å². The predicted octanol–water partition coefficient (Wildman–Crippen LogP) is 3.53. The monoisotopic (exact) mass is 302 g/mol. The minimum atomic E-state index is -0.370. The van der Waals surface area contributed by atoms with Crippen molar-refractivity contribution in [2.45, 2.75) is 38.8 Å². The SMILES string of the molecule is CCCC(C)(CO)NCc1ccc(-c2ccncc2)cc1F. The number of halogens is 1. The molecule has 1 unspecified atom stereocenters. The molecule has 1 aromatic heterocycles. The Morgan fingerprint density at radius 2 is 1.91 bits per heavy atom. The van der Waals surface area contributed by atoms with Gasteiger partial charge in [-0.2, -0.15) is 0 Å². The number of hydrogen-bond donors (Lipinski definition) is 2. The van der Waals surface area contributed by atoms with Crippen molar-refractivity contribution in [3.8, 4) is 11.1 Å². The summed E-state index contributed by atoms with van der Waals surface area (Å²) >= 11 is 0. The van der Waals surface area contributed by atoms with Crippen molar-refractivity contribution in [1.29, 1.82) is 0 Å². The smallest absolute Gasteiger partial charge is 0.128 e. The molecule has 3 nitrogen and oxygen atoms in total. The molecule has 0 bridgehead atoms. The first-order chi connectivity index (χ1) is 10.6. The van der Waals surface area contributed by atoms with Crippen molar-refractivity contribution >= 4 is 0 Å². The summed E-state index contributed by atoms with van der Waals surface area (Å²) in [4.78, 5) is 3.97. The molecule has 0 spiro atoms. The van der Waals surface area contributed by atoms with E-state index in [9.17, 15) is 9.50 Å². The molecule has 2 N–H and O–H groups in total. The quantitative estimate of drug-likeness (QED) is 0.822. The molecular formula is C18H23FN2O. The van der Waals surface area contributed by atoms with Crippen LogP contribution in [0.25, 0.3) is 11.1 Å². The minimum Gasteiger partial charge on any atom is -0.394 e. The maximum Gasteiger partial charge on any atom is 0.128 e. The van der Waals surface area contributed by atoms with Crippen LogP contribution in [0.5, 0.6) is 0 Å². The van der Waals surface area contributed by atoms with E-state index in [0.29, 0.717) is 12.1 Å².